The SMILES string of the molecule is Cc1cc(F)c(C(F)F)nc1S(N)(=O)=O. The third kappa shape index (κ3) is 2.45. The van der Waals surface area contributed by atoms with Gasteiger partial charge in [-0.3, -0.25) is 0 Å². The van der Waals surface area contributed by atoms with E-state index >= 15 is 0 Å². The van der Waals surface area contributed by atoms with Crippen LogP contribution in [0.15, 0.2) is 11.1 Å². The van der Waals surface area contributed by atoms with Crippen molar-refractivity contribution in [3.8, 4) is 0 Å². The molecule has 0 aromatic carbocycles. The van der Waals surface area contributed by atoms with E-state index in [-0.39, 0.29) is 5.56 Å². The first-order chi connectivity index (χ1) is 6.73. The number of sulfonamides is 1. The Labute approximate surface area is 84.0 Å². The van der Waals surface area contributed by atoms with Crippen molar-refractivity contribution in [1.29, 1.82) is 0 Å². The molecule has 15 heavy (non-hydrogen) atoms. The third-order valence-electron chi connectivity index (χ3n) is 1.62. The molecule has 0 aliphatic carbocycles. The van der Waals surface area contributed by atoms with Crippen LogP contribution in [-0.4, -0.2) is 13.4 Å². The van der Waals surface area contributed by atoms with Crippen LogP contribution in [0.2, 0.25) is 0 Å². The van der Waals surface area contributed by atoms with Crippen molar-refractivity contribution in [3.05, 3.63) is 23.1 Å². The van der Waals surface area contributed by atoms with Gasteiger partial charge in [0, 0.05) is 0 Å². The summed E-state index contributed by atoms with van der Waals surface area (Å²) < 4.78 is 59.0. The van der Waals surface area contributed by atoms with Gasteiger partial charge in [0.15, 0.2) is 10.8 Å². The fourth-order valence-electron chi connectivity index (χ4n) is 1.02. The molecule has 0 saturated carbocycles. The second-order valence-electron chi connectivity index (χ2n) is 2.82. The van der Waals surface area contributed by atoms with E-state index in [1.54, 1.807) is 0 Å². The number of primary sulfonamides is 1. The maximum atomic E-state index is 12.9. The van der Waals surface area contributed by atoms with E-state index in [1.165, 1.54) is 6.92 Å². The van der Waals surface area contributed by atoms with E-state index in [4.69, 9.17) is 5.14 Å². The molecule has 0 aliphatic rings. The number of nitrogens with zero attached hydrogens (tertiary/aromatic N) is 1. The zero-order valence-corrected chi connectivity index (χ0v) is 8.35. The highest BCUT2D eigenvalue weighted by Gasteiger charge is 2.22. The van der Waals surface area contributed by atoms with Gasteiger partial charge < -0.3 is 0 Å². The van der Waals surface area contributed by atoms with Gasteiger partial charge in [-0.25, -0.2) is 31.7 Å². The lowest BCUT2D eigenvalue weighted by Crippen LogP contribution is -2.17. The van der Waals surface area contributed by atoms with Gasteiger partial charge in [-0.15, -0.1) is 0 Å². The molecule has 0 saturated heterocycles. The highest BCUT2D eigenvalue weighted by molar-refractivity contribution is 7.89. The molecule has 0 radical (unpaired) electrons. The summed E-state index contributed by atoms with van der Waals surface area (Å²) in [5.74, 6) is -1.25. The quantitative estimate of drug-likeness (QED) is 0.841. The minimum Gasteiger partial charge on any atom is -0.230 e. The van der Waals surface area contributed by atoms with E-state index in [9.17, 15) is 21.6 Å². The smallest absolute Gasteiger partial charge is 0.230 e. The molecule has 0 aliphatic heterocycles. The van der Waals surface area contributed by atoms with E-state index in [0.717, 1.165) is 0 Å². The number of aryl methyl sites for hydroxylation is 1. The number of aromatic nitrogens is 1. The van der Waals surface area contributed by atoms with Crippen molar-refractivity contribution in [3.63, 3.8) is 0 Å². The van der Waals surface area contributed by atoms with Gasteiger partial charge in [0.1, 0.15) is 5.69 Å². The van der Waals surface area contributed by atoms with Crippen molar-refractivity contribution < 1.29 is 21.6 Å². The normalized spacial score (nSPS) is 12.1. The molecule has 1 aromatic rings. The van der Waals surface area contributed by atoms with Crippen LogP contribution in [0.4, 0.5) is 13.2 Å². The minimum absolute atomic E-state index is 0.112. The van der Waals surface area contributed by atoms with Gasteiger partial charge in [0.2, 0.25) is 0 Å². The van der Waals surface area contributed by atoms with Crippen LogP contribution in [0.1, 0.15) is 17.7 Å². The summed E-state index contributed by atoms with van der Waals surface area (Å²) in [7, 11) is -4.22. The van der Waals surface area contributed by atoms with Crippen LogP contribution >= 0.6 is 0 Å². The molecule has 0 bridgehead atoms. The number of alkyl halides is 2. The van der Waals surface area contributed by atoms with Gasteiger partial charge in [0.25, 0.3) is 16.4 Å². The molecule has 2 N–H and O–H groups in total. The Balaban J connectivity index is 3.50. The zero-order valence-electron chi connectivity index (χ0n) is 7.54. The summed E-state index contributed by atoms with van der Waals surface area (Å²) in [5.41, 5.74) is -1.33. The lowest BCUT2D eigenvalue weighted by atomic mass is 10.2. The molecule has 8 heteroatoms. The molecule has 84 valence electrons. The van der Waals surface area contributed by atoms with E-state index in [1.807, 2.05) is 0 Å². The Morgan fingerprint density at radius 3 is 2.40 bits per heavy atom. The first-order valence-corrected chi connectivity index (χ1v) is 5.26. The van der Waals surface area contributed by atoms with Crippen LogP contribution < -0.4 is 5.14 Å². The summed E-state index contributed by atoms with van der Waals surface area (Å²) in [6.07, 6.45) is -3.19. The molecular formula is C7H7F3N2O2S. The molecule has 0 amide bonds. The summed E-state index contributed by atoms with van der Waals surface area (Å²) in [6, 6.07) is 0.661. The number of hydrogen-bond acceptors (Lipinski definition) is 3. The van der Waals surface area contributed by atoms with Crippen molar-refractivity contribution >= 4 is 10.0 Å². The largest absolute Gasteiger partial charge is 0.283 e. The van der Waals surface area contributed by atoms with Crippen LogP contribution in [0.5, 0.6) is 0 Å². The molecule has 0 spiro atoms. The first-order valence-electron chi connectivity index (χ1n) is 3.71. The third-order valence-corrected chi connectivity index (χ3v) is 2.58. The van der Waals surface area contributed by atoms with Crippen LogP contribution in [-0.2, 0) is 10.0 Å². The monoisotopic (exact) mass is 240 g/mol. The maximum absolute atomic E-state index is 12.9. The van der Waals surface area contributed by atoms with E-state index in [2.05, 4.69) is 4.98 Å². The molecule has 4 nitrogen and oxygen atoms in total. The van der Waals surface area contributed by atoms with Gasteiger partial charge in [-0.05, 0) is 18.6 Å². The number of nitrogens with two attached hydrogens (primary N) is 1. The maximum Gasteiger partial charge on any atom is 0.283 e. The Hall–Kier alpha value is -1.15. The molecule has 1 rings (SSSR count). The Kier molecular flexibility index (Phi) is 3.00. The fraction of sp³-hybridized carbons (Fsp3) is 0.286. The Morgan fingerprint density at radius 2 is 2.00 bits per heavy atom. The van der Waals surface area contributed by atoms with Gasteiger partial charge >= 0.3 is 0 Å². The summed E-state index contributed by atoms with van der Waals surface area (Å²) in [6.45, 7) is 1.21. The van der Waals surface area contributed by atoms with Gasteiger partial charge in [-0.1, -0.05) is 0 Å². The zero-order chi connectivity index (χ0) is 11.8. The molecule has 0 fully saturated rings. The summed E-state index contributed by atoms with van der Waals surface area (Å²) in [5, 5.41) is 3.98. The van der Waals surface area contributed by atoms with Crippen LogP contribution in [0.25, 0.3) is 0 Å². The Bertz CT molecular complexity index is 487. The van der Waals surface area contributed by atoms with Crippen molar-refractivity contribution in [2.45, 2.75) is 18.4 Å². The van der Waals surface area contributed by atoms with Crippen molar-refractivity contribution in [2.75, 3.05) is 0 Å². The van der Waals surface area contributed by atoms with E-state index < -0.39 is 33.0 Å². The molecule has 1 heterocycles. The van der Waals surface area contributed by atoms with Crippen molar-refractivity contribution in [1.82, 2.24) is 4.98 Å². The molecular weight excluding hydrogens is 233 g/mol. The van der Waals surface area contributed by atoms with Gasteiger partial charge in [0.05, 0.1) is 0 Å². The standard InChI is InChI=1S/C7H7F3N2O2S/c1-3-2-4(8)5(6(9)10)12-7(3)15(11,13)14/h2,6H,1H3,(H2,11,13,14). The number of pyridine rings is 1. The average Bonchev–Trinajstić information content (AvgIpc) is 2.00. The fourth-order valence-corrected chi connectivity index (χ4v) is 1.75. The molecule has 0 unspecified atom stereocenters. The number of rotatable bonds is 2. The van der Waals surface area contributed by atoms with Crippen molar-refractivity contribution in [2.24, 2.45) is 5.14 Å². The average molecular weight is 240 g/mol. The van der Waals surface area contributed by atoms with Crippen LogP contribution in [0, 0.1) is 12.7 Å². The number of hydrogen-bond donors (Lipinski definition) is 1. The summed E-state index contributed by atoms with van der Waals surface area (Å²) >= 11 is 0. The predicted molar refractivity (Wildman–Crippen MR) is 45.3 cm³/mol. The second kappa shape index (κ2) is 3.78. The Morgan fingerprint density at radius 1 is 1.47 bits per heavy atom. The summed E-state index contributed by atoms with van der Waals surface area (Å²) in [4.78, 5) is 3.00. The lowest BCUT2D eigenvalue weighted by molar-refractivity contribution is 0.139. The topological polar surface area (TPSA) is 73.0 Å². The molecule has 0 atom stereocenters. The highest BCUT2D eigenvalue weighted by atomic mass is 32.2. The van der Waals surface area contributed by atoms with Crippen LogP contribution in [0.3, 0.4) is 0 Å². The lowest BCUT2D eigenvalue weighted by Gasteiger charge is -2.06. The van der Waals surface area contributed by atoms with Gasteiger partial charge in [-0.2, -0.15) is 0 Å². The predicted octanol–water partition coefficient (Wildman–Crippen LogP) is 1.11. The van der Waals surface area contributed by atoms with E-state index in [0.29, 0.717) is 6.07 Å². The second-order valence-corrected chi connectivity index (χ2v) is 4.30. The number of halogens is 3. The highest BCUT2D eigenvalue weighted by Crippen LogP contribution is 2.23. The first kappa shape index (κ1) is 11.9. The minimum atomic E-state index is -4.22. The molecule has 1 aromatic heterocycles.